The molecular formula is C24H21FN2O3S. The van der Waals surface area contributed by atoms with Crippen molar-refractivity contribution >= 4 is 28.7 Å². The summed E-state index contributed by atoms with van der Waals surface area (Å²) in [6.07, 6.45) is 0. The van der Waals surface area contributed by atoms with Crippen molar-refractivity contribution < 1.29 is 18.7 Å². The van der Waals surface area contributed by atoms with E-state index in [2.05, 4.69) is 5.32 Å². The summed E-state index contributed by atoms with van der Waals surface area (Å²) >= 11 is 1.37. The maximum Gasteiger partial charge on any atom is 0.250 e. The van der Waals surface area contributed by atoms with Gasteiger partial charge >= 0.3 is 0 Å². The van der Waals surface area contributed by atoms with Crippen LogP contribution in [-0.4, -0.2) is 37.3 Å². The molecule has 5 rings (SSSR count). The zero-order chi connectivity index (χ0) is 21.8. The van der Waals surface area contributed by atoms with Crippen molar-refractivity contribution in [2.75, 3.05) is 26.0 Å². The van der Waals surface area contributed by atoms with E-state index < -0.39 is 11.5 Å². The fourth-order valence-corrected chi connectivity index (χ4v) is 5.83. The Balaban J connectivity index is 1.73. The number of thiophene rings is 1. The molecule has 31 heavy (non-hydrogen) atoms. The van der Waals surface area contributed by atoms with Crippen molar-refractivity contribution in [1.29, 1.82) is 0 Å². The molecule has 1 aromatic heterocycles. The van der Waals surface area contributed by atoms with Gasteiger partial charge in [0, 0.05) is 23.7 Å². The fourth-order valence-electron chi connectivity index (χ4n) is 5.13. The number of fused-ring (bicyclic) bond motifs is 2. The number of ether oxygens (including phenoxy) is 1. The van der Waals surface area contributed by atoms with Crippen molar-refractivity contribution in [2.45, 2.75) is 11.5 Å². The highest BCUT2D eigenvalue weighted by Crippen LogP contribution is 2.56. The second-order valence-corrected chi connectivity index (χ2v) is 8.94. The SMILES string of the molecule is COc1ccc2c(c1)[C@]1(C(=O)N2)[C@H](C(=O)c2cccs2)[C@@H](c2ccc(F)cc2)CN1C. The molecule has 1 spiro atoms. The highest BCUT2D eigenvalue weighted by Gasteiger charge is 2.64. The Hall–Kier alpha value is -3.03. The van der Waals surface area contributed by atoms with Crippen LogP contribution >= 0.6 is 11.3 Å². The number of benzene rings is 2. The van der Waals surface area contributed by atoms with E-state index in [4.69, 9.17) is 4.74 Å². The third-order valence-electron chi connectivity index (χ3n) is 6.50. The molecule has 3 heterocycles. The zero-order valence-electron chi connectivity index (χ0n) is 17.1. The van der Waals surface area contributed by atoms with Gasteiger partial charge in [-0.25, -0.2) is 4.39 Å². The van der Waals surface area contributed by atoms with E-state index >= 15 is 0 Å². The van der Waals surface area contributed by atoms with Crippen LogP contribution in [0.1, 0.15) is 26.7 Å². The largest absolute Gasteiger partial charge is 0.497 e. The first-order valence-electron chi connectivity index (χ1n) is 10.0. The Morgan fingerprint density at radius 1 is 1.23 bits per heavy atom. The van der Waals surface area contributed by atoms with Crippen LogP contribution in [0, 0.1) is 11.7 Å². The average molecular weight is 437 g/mol. The number of nitrogens with zero attached hydrogens (tertiary/aromatic N) is 1. The number of methoxy groups -OCH3 is 1. The lowest BCUT2D eigenvalue weighted by molar-refractivity contribution is -0.126. The van der Waals surface area contributed by atoms with Gasteiger partial charge in [0.1, 0.15) is 17.1 Å². The summed E-state index contributed by atoms with van der Waals surface area (Å²) in [6.45, 7) is 0.484. The normalized spacial score (nSPS) is 24.9. The fraction of sp³-hybridized carbons (Fsp3) is 0.250. The zero-order valence-corrected chi connectivity index (χ0v) is 17.9. The Morgan fingerprint density at radius 3 is 2.68 bits per heavy atom. The first-order chi connectivity index (χ1) is 15.0. The van der Waals surface area contributed by atoms with Crippen LogP contribution in [0.4, 0.5) is 10.1 Å². The van der Waals surface area contributed by atoms with Crippen molar-refractivity contribution in [3.05, 3.63) is 81.8 Å². The number of likely N-dealkylation sites (tertiary alicyclic amines) is 1. The molecule has 1 saturated heterocycles. The molecule has 0 radical (unpaired) electrons. The van der Waals surface area contributed by atoms with Gasteiger partial charge in [0.25, 0.3) is 0 Å². The van der Waals surface area contributed by atoms with E-state index in [9.17, 15) is 14.0 Å². The molecule has 1 amide bonds. The third kappa shape index (κ3) is 2.84. The Kier molecular flexibility index (Phi) is 4.68. The molecule has 0 unspecified atom stereocenters. The van der Waals surface area contributed by atoms with Gasteiger partial charge in [-0.3, -0.25) is 14.5 Å². The standard InChI is InChI=1S/C24H21FN2O3S/c1-27-13-17(14-5-7-15(25)8-6-14)21(22(28)20-4-3-11-31-20)24(27)18-12-16(30-2)9-10-19(18)26-23(24)29/h3-12,17,21H,13H2,1-2H3,(H,26,29)/t17-,21+,24-/m1/s1. The van der Waals surface area contributed by atoms with E-state index in [1.165, 1.54) is 23.5 Å². The second kappa shape index (κ2) is 7.28. The summed E-state index contributed by atoms with van der Waals surface area (Å²) in [5.41, 5.74) is 1.08. The van der Waals surface area contributed by atoms with Gasteiger partial charge in [-0.15, -0.1) is 11.3 Å². The van der Waals surface area contributed by atoms with Gasteiger partial charge in [0.2, 0.25) is 5.91 Å². The lowest BCUT2D eigenvalue weighted by atomic mass is 9.71. The molecule has 1 N–H and O–H groups in total. The number of carbonyl (C=O) groups is 2. The minimum Gasteiger partial charge on any atom is -0.497 e. The molecule has 2 aliphatic rings. The van der Waals surface area contributed by atoms with Gasteiger partial charge < -0.3 is 10.1 Å². The number of hydrogen-bond acceptors (Lipinski definition) is 5. The second-order valence-electron chi connectivity index (χ2n) is 7.99. The number of hydrogen-bond donors (Lipinski definition) is 1. The van der Waals surface area contributed by atoms with Crippen molar-refractivity contribution in [2.24, 2.45) is 5.92 Å². The predicted molar refractivity (Wildman–Crippen MR) is 117 cm³/mol. The molecule has 3 atom stereocenters. The molecule has 3 aromatic rings. The predicted octanol–water partition coefficient (Wildman–Crippen LogP) is 4.27. The number of ketones is 1. The number of amides is 1. The van der Waals surface area contributed by atoms with Gasteiger partial charge in [-0.1, -0.05) is 18.2 Å². The first kappa shape index (κ1) is 19.9. The van der Waals surface area contributed by atoms with Crippen LogP contribution in [0.5, 0.6) is 5.75 Å². The Bertz CT molecular complexity index is 1160. The van der Waals surface area contributed by atoms with E-state index in [1.807, 2.05) is 35.5 Å². The monoisotopic (exact) mass is 436 g/mol. The van der Waals surface area contributed by atoms with E-state index in [0.717, 1.165) is 11.1 Å². The molecule has 2 aromatic carbocycles. The van der Waals surface area contributed by atoms with E-state index in [-0.39, 0.29) is 23.4 Å². The Morgan fingerprint density at radius 2 is 2.00 bits per heavy atom. The number of carbonyl (C=O) groups excluding carboxylic acids is 2. The lowest BCUT2D eigenvalue weighted by Crippen LogP contribution is -2.51. The van der Waals surface area contributed by atoms with Gasteiger partial charge in [0.05, 0.1) is 17.9 Å². The Labute approximate surface area is 183 Å². The number of nitrogens with one attached hydrogen (secondary N) is 1. The van der Waals surface area contributed by atoms with Gasteiger partial charge in [0.15, 0.2) is 5.78 Å². The summed E-state index contributed by atoms with van der Waals surface area (Å²) in [5, 5.41) is 4.84. The highest BCUT2D eigenvalue weighted by atomic mass is 32.1. The lowest BCUT2D eigenvalue weighted by Gasteiger charge is -2.35. The molecule has 0 aliphatic carbocycles. The topological polar surface area (TPSA) is 58.6 Å². The third-order valence-corrected chi connectivity index (χ3v) is 7.39. The van der Waals surface area contributed by atoms with Crippen LogP contribution in [0.2, 0.25) is 0 Å². The molecule has 158 valence electrons. The van der Waals surface area contributed by atoms with E-state index in [0.29, 0.717) is 22.9 Å². The van der Waals surface area contributed by atoms with Crippen LogP contribution in [0.25, 0.3) is 0 Å². The molecule has 1 fully saturated rings. The minimum absolute atomic E-state index is 0.0838. The smallest absolute Gasteiger partial charge is 0.250 e. The summed E-state index contributed by atoms with van der Waals surface area (Å²) in [6, 6.07) is 15.3. The highest BCUT2D eigenvalue weighted by molar-refractivity contribution is 7.12. The summed E-state index contributed by atoms with van der Waals surface area (Å²) in [5.74, 6) is -0.967. The summed E-state index contributed by atoms with van der Waals surface area (Å²) < 4.78 is 19.0. The summed E-state index contributed by atoms with van der Waals surface area (Å²) in [7, 11) is 3.44. The molecular weight excluding hydrogens is 415 g/mol. The van der Waals surface area contributed by atoms with Crippen LogP contribution in [0.3, 0.4) is 0 Å². The summed E-state index contributed by atoms with van der Waals surface area (Å²) in [4.78, 5) is 30.0. The number of anilines is 1. The van der Waals surface area contributed by atoms with Gasteiger partial charge in [-0.2, -0.15) is 0 Å². The van der Waals surface area contributed by atoms with Crippen molar-refractivity contribution in [3.63, 3.8) is 0 Å². The molecule has 5 nitrogen and oxygen atoms in total. The number of Topliss-reactive ketones (excluding diaryl/α,β-unsaturated/α-hetero) is 1. The molecule has 2 aliphatic heterocycles. The molecule has 0 saturated carbocycles. The maximum atomic E-state index is 13.9. The quantitative estimate of drug-likeness (QED) is 0.621. The van der Waals surface area contributed by atoms with Crippen molar-refractivity contribution in [1.82, 2.24) is 4.90 Å². The van der Waals surface area contributed by atoms with Crippen LogP contribution < -0.4 is 10.1 Å². The van der Waals surface area contributed by atoms with Crippen LogP contribution in [-0.2, 0) is 10.3 Å². The van der Waals surface area contributed by atoms with Gasteiger partial charge in [-0.05, 0) is 54.4 Å². The molecule has 7 heteroatoms. The first-order valence-corrected chi connectivity index (χ1v) is 10.9. The minimum atomic E-state index is -1.18. The number of halogens is 1. The number of likely N-dealkylation sites (N-methyl/N-ethyl adjacent to an activating group) is 1. The number of rotatable bonds is 4. The average Bonchev–Trinajstić information content (AvgIpc) is 3.47. The van der Waals surface area contributed by atoms with E-state index in [1.54, 1.807) is 31.4 Å². The maximum absolute atomic E-state index is 13.9. The van der Waals surface area contributed by atoms with Crippen LogP contribution in [0.15, 0.2) is 60.0 Å². The van der Waals surface area contributed by atoms with Crippen molar-refractivity contribution in [3.8, 4) is 5.75 Å². The molecule has 0 bridgehead atoms.